The van der Waals surface area contributed by atoms with Gasteiger partial charge in [-0.25, -0.2) is 9.37 Å². The first-order valence-electron chi connectivity index (χ1n) is 3.17. The van der Waals surface area contributed by atoms with Crippen LogP contribution in [0, 0.1) is 5.82 Å². The zero-order chi connectivity index (χ0) is 8.72. The Morgan fingerprint density at radius 3 is 2.83 bits per heavy atom. The van der Waals surface area contributed by atoms with E-state index in [-0.39, 0.29) is 10.8 Å². The number of fused-ring (bicyclic) bond motifs is 1. The smallest absolute Gasteiger partial charge is 0.201 e. The molecule has 1 heterocycles. The van der Waals surface area contributed by atoms with Crippen molar-refractivity contribution in [2.75, 3.05) is 0 Å². The number of aromatic nitrogens is 2. The van der Waals surface area contributed by atoms with E-state index in [0.29, 0.717) is 10.5 Å². The summed E-state index contributed by atoms with van der Waals surface area (Å²) in [5, 5.41) is 0.478. The van der Waals surface area contributed by atoms with Gasteiger partial charge >= 0.3 is 0 Å². The Hall–Kier alpha value is -0.800. The van der Waals surface area contributed by atoms with Crippen LogP contribution in [0.4, 0.5) is 4.39 Å². The largest absolute Gasteiger partial charge is 0.328 e. The Labute approximate surface area is 77.3 Å². The second-order valence-electron chi connectivity index (χ2n) is 2.31. The highest BCUT2D eigenvalue weighted by Gasteiger charge is 2.06. The minimum absolute atomic E-state index is 0.158. The van der Waals surface area contributed by atoms with Gasteiger partial charge in [0.1, 0.15) is 5.52 Å². The molecule has 0 fully saturated rings. The fourth-order valence-electron chi connectivity index (χ4n) is 1.01. The summed E-state index contributed by atoms with van der Waals surface area (Å²) in [6.45, 7) is 0. The van der Waals surface area contributed by atoms with Crippen LogP contribution in [0.25, 0.3) is 11.0 Å². The van der Waals surface area contributed by atoms with Gasteiger partial charge in [-0.3, -0.25) is 0 Å². The van der Waals surface area contributed by atoms with Gasteiger partial charge in [0.05, 0.1) is 5.52 Å². The maximum atomic E-state index is 13.0. The van der Waals surface area contributed by atoms with E-state index in [2.05, 4.69) is 9.97 Å². The van der Waals surface area contributed by atoms with Crippen LogP contribution in [0.2, 0.25) is 10.3 Å². The second-order valence-corrected chi connectivity index (χ2v) is 3.11. The third kappa shape index (κ3) is 1.15. The lowest BCUT2D eigenvalue weighted by Gasteiger charge is -1.91. The van der Waals surface area contributed by atoms with Crippen molar-refractivity contribution in [1.82, 2.24) is 9.97 Å². The Morgan fingerprint density at radius 1 is 1.33 bits per heavy atom. The van der Waals surface area contributed by atoms with Gasteiger partial charge in [-0.2, -0.15) is 0 Å². The number of nitrogens with one attached hydrogen (secondary N) is 1. The molecular weight excluding hydrogens is 202 g/mol. The van der Waals surface area contributed by atoms with Crippen molar-refractivity contribution in [1.29, 1.82) is 0 Å². The van der Waals surface area contributed by atoms with Gasteiger partial charge in [0.15, 0.2) is 5.82 Å². The molecule has 62 valence electrons. The Balaban J connectivity index is 2.88. The molecule has 0 amide bonds. The topological polar surface area (TPSA) is 28.7 Å². The predicted molar refractivity (Wildman–Crippen MR) is 46.1 cm³/mol. The number of benzene rings is 1. The summed E-state index contributed by atoms with van der Waals surface area (Å²) >= 11 is 11.1. The van der Waals surface area contributed by atoms with Crippen LogP contribution in [0.15, 0.2) is 12.1 Å². The fourth-order valence-corrected chi connectivity index (χ4v) is 1.40. The number of halogens is 3. The minimum atomic E-state index is -0.472. The molecule has 1 aromatic heterocycles. The molecule has 2 rings (SSSR count). The molecule has 0 aliphatic heterocycles. The first-order chi connectivity index (χ1) is 5.66. The maximum absolute atomic E-state index is 13.0. The number of H-pyrrole nitrogens is 1. The molecule has 0 unspecified atom stereocenters. The van der Waals surface area contributed by atoms with Crippen molar-refractivity contribution in [2.24, 2.45) is 0 Å². The molecule has 0 saturated heterocycles. The highest BCUT2D eigenvalue weighted by molar-refractivity contribution is 6.31. The minimum Gasteiger partial charge on any atom is -0.328 e. The number of nitrogens with zero attached hydrogens (tertiary/aromatic N) is 1. The molecule has 0 saturated carbocycles. The van der Waals surface area contributed by atoms with Crippen molar-refractivity contribution >= 4 is 34.2 Å². The molecule has 0 aliphatic rings. The lowest BCUT2D eigenvalue weighted by atomic mass is 10.3. The van der Waals surface area contributed by atoms with Crippen LogP contribution in [0.3, 0.4) is 0 Å². The summed E-state index contributed by atoms with van der Waals surface area (Å²) < 4.78 is 13.0. The average Bonchev–Trinajstić information content (AvgIpc) is 2.29. The van der Waals surface area contributed by atoms with Gasteiger partial charge in [-0.05, 0) is 23.7 Å². The SMILES string of the molecule is Fc1cc(Cl)cc2[nH]c(Cl)nc12. The molecule has 0 aliphatic carbocycles. The number of rotatable bonds is 0. The summed E-state index contributed by atoms with van der Waals surface area (Å²) in [6, 6.07) is 2.76. The molecule has 0 spiro atoms. The molecule has 2 aromatic rings. The van der Waals surface area contributed by atoms with Gasteiger partial charge in [-0.15, -0.1) is 0 Å². The number of aromatic amines is 1. The molecule has 2 nitrogen and oxygen atoms in total. The van der Waals surface area contributed by atoms with E-state index in [1.807, 2.05) is 0 Å². The molecule has 1 N–H and O–H groups in total. The van der Waals surface area contributed by atoms with Crippen molar-refractivity contribution in [3.63, 3.8) is 0 Å². The lowest BCUT2D eigenvalue weighted by Crippen LogP contribution is -1.77. The standard InChI is InChI=1S/C7H3Cl2FN2/c8-3-1-4(10)6-5(2-3)11-7(9)12-6/h1-2H,(H,11,12). The van der Waals surface area contributed by atoms with E-state index in [1.54, 1.807) is 6.07 Å². The first-order valence-corrected chi connectivity index (χ1v) is 3.92. The van der Waals surface area contributed by atoms with E-state index < -0.39 is 5.82 Å². The molecule has 1 aromatic carbocycles. The van der Waals surface area contributed by atoms with Gasteiger partial charge in [0, 0.05) is 5.02 Å². The summed E-state index contributed by atoms with van der Waals surface area (Å²) in [5.41, 5.74) is 0.717. The number of imidazole rings is 1. The molecule has 0 radical (unpaired) electrons. The monoisotopic (exact) mass is 204 g/mol. The third-order valence-electron chi connectivity index (χ3n) is 1.48. The van der Waals surface area contributed by atoms with Crippen LogP contribution in [0.1, 0.15) is 0 Å². The van der Waals surface area contributed by atoms with E-state index in [0.717, 1.165) is 0 Å². The first kappa shape index (κ1) is 7.83. The summed E-state index contributed by atoms with van der Waals surface area (Å²) in [4.78, 5) is 6.40. The highest BCUT2D eigenvalue weighted by Crippen LogP contribution is 2.22. The Bertz CT molecular complexity index is 438. The van der Waals surface area contributed by atoms with Crippen LogP contribution >= 0.6 is 23.2 Å². The van der Waals surface area contributed by atoms with Crippen LogP contribution in [-0.2, 0) is 0 Å². The van der Waals surface area contributed by atoms with E-state index >= 15 is 0 Å². The second kappa shape index (κ2) is 2.61. The van der Waals surface area contributed by atoms with Crippen LogP contribution in [-0.4, -0.2) is 9.97 Å². The Morgan fingerprint density at radius 2 is 2.08 bits per heavy atom. The Kier molecular flexibility index (Phi) is 1.70. The molecule has 0 atom stereocenters. The summed E-state index contributed by atoms with van der Waals surface area (Å²) in [6.07, 6.45) is 0. The van der Waals surface area contributed by atoms with Crippen molar-refractivity contribution in [3.8, 4) is 0 Å². The molecule has 12 heavy (non-hydrogen) atoms. The fraction of sp³-hybridized carbons (Fsp3) is 0. The van der Waals surface area contributed by atoms with Crippen molar-refractivity contribution < 1.29 is 4.39 Å². The molecule has 0 bridgehead atoms. The summed E-state index contributed by atoms with van der Waals surface area (Å²) in [7, 11) is 0. The lowest BCUT2D eigenvalue weighted by molar-refractivity contribution is 0.637. The molecule has 5 heteroatoms. The van der Waals surface area contributed by atoms with E-state index in [9.17, 15) is 4.39 Å². The number of hydrogen-bond acceptors (Lipinski definition) is 1. The van der Waals surface area contributed by atoms with Crippen molar-refractivity contribution in [2.45, 2.75) is 0 Å². The highest BCUT2D eigenvalue weighted by atomic mass is 35.5. The molecular formula is C7H3Cl2FN2. The average molecular weight is 205 g/mol. The maximum Gasteiger partial charge on any atom is 0.201 e. The quantitative estimate of drug-likeness (QED) is 0.703. The van der Waals surface area contributed by atoms with E-state index in [4.69, 9.17) is 23.2 Å². The number of hydrogen-bond donors (Lipinski definition) is 1. The third-order valence-corrected chi connectivity index (χ3v) is 1.87. The zero-order valence-corrected chi connectivity index (χ0v) is 7.25. The normalized spacial score (nSPS) is 10.9. The van der Waals surface area contributed by atoms with E-state index in [1.165, 1.54) is 6.07 Å². The van der Waals surface area contributed by atoms with Gasteiger partial charge in [0.25, 0.3) is 0 Å². The van der Waals surface area contributed by atoms with Crippen molar-refractivity contribution in [3.05, 3.63) is 28.3 Å². The van der Waals surface area contributed by atoms with Gasteiger partial charge in [0.2, 0.25) is 5.28 Å². The zero-order valence-electron chi connectivity index (χ0n) is 5.74. The van der Waals surface area contributed by atoms with Gasteiger partial charge < -0.3 is 4.98 Å². The van der Waals surface area contributed by atoms with Crippen LogP contribution < -0.4 is 0 Å². The van der Waals surface area contributed by atoms with Gasteiger partial charge in [-0.1, -0.05) is 11.6 Å². The summed E-state index contributed by atoms with van der Waals surface area (Å²) in [5.74, 6) is -0.472. The van der Waals surface area contributed by atoms with Crippen LogP contribution in [0.5, 0.6) is 0 Å². The predicted octanol–water partition coefficient (Wildman–Crippen LogP) is 3.01.